The minimum absolute atomic E-state index is 0.0114. The van der Waals surface area contributed by atoms with Crippen molar-refractivity contribution in [3.63, 3.8) is 0 Å². The van der Waals surface area contributed by atoms with Crippen LogP contribution < -0.4 is 27.0 Å². The monoisotopic (exact) mass is 691 g/mol. The number of nitrogens with two attached hydrogens (primary N) is 1. The van der Waals surface area contributed by atoms with E-state index in [4.69, 9.17) is 15.2 Å². The van der Waals surface area contributed by atoms with Crippen molar-refractivity contribution in [2.45, 2.75) is 32.7 Å². The van der Waals surface area contributed by atoms with Crippen molar-refractivity contribution >= 4 is 23.3 Å². The second kappa shape index (κ2) is 15.9. The van der Waals surface area contributed by atoms with E-state index < -0.39 is 34.8 Å². The maximum Gasteiger partial charge on any atom is 0.335 e. The van der Waals surface area contributed by atoms with Crippen molar-refractivity contribution in [1.82, 2.24) is 23.9 Å². The number of ether oxygens (including phenoxy) is 2. The Balaban J connectivity index is 1.29. The van der Waals surface area contributed by atoms with Gasteiger partial charge in [0.05, 0.1) is 12.3 Å². The first-order valence-corrected chi connectivity index (χ1v) is 16.1. The molecule has 3 heterocycles. The van der Waals surface area contributed by atoms with Crippen molar-refractivity contribution in [2.75, 3.05) is 57.5 Å². The van der Waals surface area contributed by atoms with Gasteiger partial charge >= 0.3 is 5.69 Å². The molecule has 4 aromatic rings. The van der Waals surface area contributed by atoms with Gasteiger partial charge in [-0.2, -0.15) is 0 Å². The van der Waals surface area contributed by atoms with Gasteiger partial charge in [0, 0.05) is 82.0 Å². The van der Waals surface area contributed by atoms with E-state index in [2.05, 4.69) is 15.2 Å². The van der Waals surface area contributed by atoms with Crippen LogP contribution in [0.1, 0.15) is 42.2 Å². The molecule has 1 aliphatic rings. The van der Waals surface area contributed by atoms with Crippen LogP contribution in [0, 0.1) is 11.6 Å². The largest absolute Gasteiger partial charge is 0.454 e. The normalized spacial score (nSPS) is 13.4. The molecule has 2 amide bonds. The zero-order chi connectivity index (χ0) is 35.9. The Morgan fingerprint density at radius 1 is 1.00 bits per heavy atom. The predicted octanol–water partition coefficient (Wildman–Crippen LogP) is 3.60. The molecule has 0 aliphatic carbocycles. The number of anilines is 2. The summed E-state index contributed by atoms with van der Waals surface area (Å²) in [6, 6.07) is 9.49. The molecule has 3 N–H and O–H groups in total. The number of benzene rings is 2. The first kappa shape index (κ1) is 35.9. The molecule has 15 heteroatoms. The third-order valence-electron chi connectivity index (χ3n) is 8.38. The summed E-state index contributed by atoms with van der Waals surface area (Å²) >= 11 is 0. The smallest absolute Gasteiger partial charge is 0.335 e. The molecule has 1 fully saturated rings. The molecule has 5 rings (SSSR count). The Labute approximate surface area is 286 Å². The number of carbonyl (C=O) groups excluding carboxylic acids is 2. The number of amides is 2. The maximum absolute atomic E-state index is 15.4. The first-order valence-electron chi connectivity index (χ1n) is 16.1. The van der Waals surface area contributed by atoms with Gasteiger partial charge in [-0.3, -0.25) is 23.9 Å². The zero-order valence-corrected chi connectivity index (χ0v) is 28.0. The van der Waals surface area contributed by atoms with Gasteiger partial charge in [0.2, 0.25) is 5.91 Å². The SMILES string of the molecule is COCCN1CCN(C(=O)CCc2c(Oc3ccc(NC(=O)c4cn(C(C)C)c(=O)n(-c5ccc(F)cc5)c4=O)cc3F)ccnc2N)CC1. The van der Waals surface area contributed by atoms with Crippen molar-refractivity contribution in [3.05, 3.63) is 105 Å². The van der Waals surface area contributed by atoms with Crippen molar-refractivity contribution in [3.8, 4) is 17.2 Å². The highest BCUT2D eigenvalue weighted by atomic mass is 19.1. The van der Waals surface area contributed by atoms with Crippen LogP contribution in [0.3, 0.4) is 0 Å². The fourth-order valence-electron chi connectivity index (χ4n) is 5.56. The van der Waals surface area contributed by atoms with E-state index in [1.807, 2.05) is 0 Å². The van der Waals surface area contributed by atoms with Crippen LogP contribution in [-0.2, 0) is 16.0 Å². The molecular formula is C35H39F2N7O6. The van der Waals surface area contributed by atoms with Gasteiger partial charge in [-0.25, -0.2) is 23.1 Å². The molecular weight excluding hydrogens is 652 g/mol. The number of halogens is 2. The Bertz CT molecular complexity index is 1970. The average Bonchev–Trinajstić information content (AvgIpc) is 3.09. The average molecular weight is 692 g/mol. The molecule has 0 bridgehead atoms. The number of nitrogen functional groups attached to an aromatic ring is 1. The van der Waals surface area contributed by atoms with Crippen molar-refractivity contribution < 1.29 is 27.8 Å². The Hall–Kier alpha value is -5.41. The van der Waals surface area contributed by atoms with Crippen LogP contribution in [0.25, 0.3) is 5.69 Å². The standard InChI is InChI=1S/C35H39F2N7O6/c1-22(2)43-21-27(34(47)44(35(43)48)25-7-4-23(36)5-8-25)33(46)40-24-6-10-30(28(37)20-24)50-29-12-13-39-32(38)26(29)9-11-31(45)42-16-14-41(15-17-42)18-19-49-3/h4-8,10,12-13,20-22H,9,11,14-19H2,1-3H3,(H2,38,39)(H,40,46). The summed E-state index contributed by atoms with van der Waals surface area (Å²) in [6.07, 6.45) is 2.94. The second-order valence-corrected chi connectivity index (χ2v) is 12.0. The lowest BCUT2D eigenvalue weighted by Crippen LogP contribution is -2.49. The summed E-state index contributed by atoms with van der Waals surface area (Å²) in [6.45, 7) is 7.56. The highest BCUT2D eigenvalue weighted by molar-refractivity contribution is 6.03. The number of nitrogens with zero attached hydrogens (tertiary/aromatic N) is 5. The van der Waals surface area contributed by atoms with Gasteiger partial charge in [-0.05, 0) is 62.7 Å². The molecule has 1 saturated heterocycles. The second-order valence-electron chi connectivity index (χ2n) is 12.0. The van der Waals surface area contributed by atoms with E-state index >= 15 is 4.39 Å². The van der Waals surface area contributed by atoms with Gasteiger partial charge in [0.15, 0.2) is 11.6 Å². The molecule has 1 aliphatic heterocycles. The van der Waals surface area contributed by atoms with Crippen LogP contribution in [0.15, 0.2) is 70.5 Å². The van der Waals surface area contributed by atoms with Gasteiger partial charge in [-0.1, -0.05) is 0 Å². The van der Waals surface area contributed by atoms with Crippen LogP contribution in [-0.4, -0.2) is 82.2 Å². The van der Waals surface area contributed by atoms with E-state index in [0.29, 0.717) is 25.3 Å². The number of methoxy groups -OCH3 is 1. The topological polar surface area (TPSA) is 154 Å². The Kier molecular flexibility index (Phi) is 11.4. The van der Waals surface area contributed by atoms with Gasteiger partial charge in [-0.15, -0.1) is 0 Å². The van der Waals surface area contributed by atoms with Crippen LogP contribution in [0.2, 0.25) is 0 Å². The summed E-state index contributed by atoms with van der Waals surface area (Å²) in [5.74, 6) is -2.13. The third-order valence-corrected chi connectivity index (χ3v) is 8.38. The van der Waals surface area contributed by atoms with Gasteiger partial charge in [0.1, 0.15) is 22.9 Å². The van der Waals surface area contributed by atoms with Crippen molar-refractivity contribution in [1.29, 1.82) is 0 Å². The van der Waals surface area contributed by atoms with E-state index in [9.17, 15) is 23.6 Å². The van der Waals surface area contributed by atoms with E-state index in [-0.39, 0.29) is 53.0 Å². The molecule has 264 valence electrons. The zero-order valence-electron chi connectivity index (χ0n) is 28.0. The molecule has 0 saturated carbocycles. The third kappa shape index (κ3) is 8.23. The number of nitrogens with one attached hydrogen (secondary N) is 1. The number of aromatic nitrogens is 3. The summed E-state index contributed by atoms with van der Waals surface area (Å²) in [7, 11) is 1.66. The summed E-state index contributed by atoms with van der Waals surface area (Å²) in [5.41, 5.74) is 4.66. The molecule has 0 spiro atoms. The molecule has 2 aromatic heterocycles. The lowest BCUT2D eigenvalue weighted by atomic mass is 10.1. The minimum atomic E-state index is -0.929. The van der Waals surface area contributed by atoms with E-state index in [0.717, 1.165) is 48.6 Å². The fraction of sp³-hybridized carbons (Fsp3) is 0.343. The number of hydrogen-bond acceptors (Lipinski definition) is 9. The number of pyridine rings is 1. The lowest BCUT2D eigenvalue weighted by molar-refractivity contribution is -0.133. The van der Waals surface area contributed by atoms with Crippen LogP contribution >= 0.6 is 0 Å². The predicted molar refractivity (Wildman–Crippen MR) is 183 cm³/mol. The van der Waals surface area contributed by atoms with Crippen LogP contribution in [0.4, 0.5) is 20.3 Å². The quantitative estimate of drug-likeness (QED) is 0.227. The van der Waals surface area contributed by atoms with E-state index in [1.165, 1.54) is 41.1 Å². The number of hydrogen-bond donors (Lipinski definition) is 2. The lowest BCUT2D eigenvalue weighted by Gasteiger charge is -2.34. The van der Waals surface area contributed by atoms with Gasteiger partial charge in [0.25, 0.3) is 11.5 Å². The molecule has 50 heavy (non-hydrogen) atoms. The molecule has 0 unspecified atom stereocenters. The number of carbonyl (C=O) groups is 2. The summed E-state index contributed by atoms with van der Waals surface area (Å²) in [5, 5.41) is 2.50. The van der Waals surface area contributed by atoms with E-state index in [1.54, 1.807) is 25.9 Å². The Morgan fingerprint density at radius 2 is 1.72 bits per heavy atom. The van der Waals surface area contributed by atoms with Gasteiger partial charge < -0.3 is 25.4 Å². The Morgan fingerprint density at radius 3 is 2.38 bits per heavy atom. The summed E-state index contributed by atoms with van der Waals surface area (Å²) in [4.78, 5) is 60.9. The number of rotatable bonds is 12. The maximum atomic E-state index is 15.4. The highest BCUT2D eigenvalue weighted by Gasteiger charge is 2.23. The first-order chi connectivity index (χ1) is 24.0. The fourth-order valence-corrected chi connectivity index (χ4v) is 5.56. The molecule has 13 nitrogen and oxygen atoms in total. The minimum Gasteiger partial charge on any atom is -0.454 e. The number of piperazine rings is 1. The highest BCUT2D eigenvalue weighted by Crippen LogP contribution is 2.32. The summed E-state index contributed by atoms with van der Waals surface area (Å²) < 4.78 is 41.9. The molecule has 0 radical (unpaired) electrons. The van der Waals surface area contributed by atoms with Crippen LogP contribution in [0.5, 0.6) is 11.5 Å². The van der Waals surface area contributed by atoms with Crippen molar-refractivity contribution in [2.24, 2.45) is 0 Å². The molecule has 2 aromatic carbocycles. The molecule has 0 atom stereocenters.